The van der Waals surface area contributed by atoms with Crippen LogP contribution in [0.25, 0.3) is 0 Å². The number of halogens is 9. The second-order valence-corrected chi connectivity index (χ2v) is 9.58. The van der Waals surface area contributed by atoms with Crippen molar-refractivity contribution in [2.45, 2.75) is 50.1 Å². The minimum atomic E-state index is -5.08. The number of piperidine rings is 1. The molecule has 0 aromatic carbocycles. The van der Waals surface area contributed by atoms with E-state index in [0.717, 1.165) is 38.2 Å². The number of hydrogen-bond acceptors (Lipinski definition) is 8. The van der Waals surface area contributed by atoms with Gasteiger partial charge in [-0.3, -0.25) is 19.7 Å². The number of hydrogen-bond donors (Lipinski definition) is 3. The first-order chi connectivity index (χ1) is 21.6. The van der Waals surface area contributed by atoms with E-state index in [1.54, 1.807) is 6.20 Å². The standard InChI is InChI=1S/C20H24N4O2.3C2HF3O2/c25-19-15-26-20(16-24(19)14-18-3-1-2-8-22-18)6-11-23(12-7-20)13-17-4-9-21-10-5-17;3*3-2(4,5)1(6)7/h1-5,8-10H,6-7,11-16H2;3*(H,6,7). The molecule has 2 aromatic rings. The van der Waals surface area contributed by atoms with Gasteiger partial charge in [-0.15, -0.1) is 0 Å². The molecule has 0 aliphatic carbocycles. The maximum Gasteiger partial charge on any atom is 0.490 e. The molecule has 4 rings (SSSR count). The van der Waals surface area contributed by atoms with Crippen LogP contribution in [0.2, 0.25) is 0 Å². The van der Waals surface area contributed by atoms with Gasteiger partial charge in [0.1, 0.15) is 6.61 Å². The number of morpholine rings is 1. The Balaban J connectivity index is 0.000000430. The van der Waals surface area contributed by atoms with E-state index in [-0.39, 0.29) is 18.1 Å². The Morgan fingerprint density at radius 2 is 1.23 bits per heavy atom. The summed E-state index contributed by atoms with van der Waals surface area (Å²) in [5.41, 5.74) is 2.00. The van der Waals surface area contributed by atoms with Crippen LogP contribution >= 0.6 is 0 Å². The van der Waals surface area contributed by atoms with Crippen molar-refractivity contribution in [2.75, 3.05) is 26.2 Å². The van der Waals surface area contributed by atoms with Gasteiger partial charge in [0.25, 0.3) is 0 Å². The second-order valence-electron chi connectivity index (χ2n) is 9.58. The molecule has 0 saturated carbocycles. The van der Waals surface area contributed by atoms with Crippen molar-refractivity contribution in [3.05, 3.63) is 60.2 Å². The van der Waals surface area contributed by atoms with Crippen molar-refractivity contribution in [2.24, 2.45) is 0 Å². The van der Waals surface area contributed by atoms with Crippen LogP contribution in [-0.2, 0) is 37.0 Å². The molecule has 0 bridgehead atoms. The first-order valence-electron chi connectivity index (χ1n) is 12.9. The first kappa shape index (κ1) is 40.5. The number of pyridine rings is 2. The molecule has 21 heteroatoms. The summed E-state index contributed by atoms with van der Waals surface area (Å²) in [5.74, 6) is -8.21. The van der Waals surface area contributed by atoms with Crippen LogP contribution in [0.15, 0.2) is 48.9 Å². The Bertz CT molecular complexity index is 1250. The lowest BCUT2D eigenvalue weighted by atomic mass is 9.89. The van der Waals surface area contributed by atoms with Crippen LogP contribution in [0, 0.1) is 0 Å². The lowest BCUT2D eigenvalue weighted by Crippen LogP contribution is -2.58. The molecular weight excluding hydrogens is 667 g/mol. The summed E-state index contributed by atoms with van der Waals surface area (Å²) < 4.78 is 101. The predicted octanol–water partition coefficient (Wildman–Crippen LogP) is 3.77. The quantitative estimate of drug-likeness (QED) is 0.398. The zero-order chi connectivity index (χ0) is 36.1. The van der Waals surface area contributed by atoms with Crippen LogP contribution in [0.5, 0.6) is 0 Å². The van der Waals surface area contributed by atoms with Gasteiger partial charge in [0.2, 0.25) is 5.91 Å². The fourth-order valence-corrected chi connectivity index (χ4v) is 3.79. The smallest absolute Gasteiger partial charge is 0.475 e. The number of amides is 1. The van der Waals surface area contributed by atoms with E-state index in [1.807, 2.05) is 35.5 Å². The van der Waals surface area contributed by atoms with Crippen LogP contribution in [-0.4, -0.2) is 109 Å². The molecule has 0 radical (unpaired) electrons. The third-order valence-corrected chi connectivity index (χ3v) is 6.06. The van der Waals surface area contributed by atoms with Gasteiger partial charge in [-0.25, -0.2) is 14.4 Å². The normalized spacial score (nSPS) is 16.4. The van der Waals surface area contributed by atoms with E-state index < -0.39 is 36.4 Å². The van der Waals surface area contributed by atoms with Crippen LogP contribution in [0.1, 0.15) is 24.1 Å². The van der Waals surface area contributed by atoms with Crippen molar-refractivity contribution >= 4 is 23.8 Å². The fraction of sp³-hybridized carbons (Fsp3) is 0.462. The zero-order valence-electron chi connectivity index (χ0n) is 23.8. The van der Waals surface area contributed by atoms with Crippen molar-refractivity contribution in [1.29, 1.82) is 0 Å². The van der Waals surface area contributed by atoms with Crippen molar-refractivity contribution < 1.29 is 78.7 Å². The third kappa shape index (κ3) is 15.5. The van der Waals surface area contributed by atoms with Crippen molar-refractivity contribution in [3.63, 3.8) is 0 Å². The summed E-state index contributed by atoms with van der Waals surface area (Å²) in [4.78, 5) is 51.8. The monoisotopic (exact) mass is 694 g/mol. The molecule has 3 N–H and O–H groups in total. The summed E-state index contributed by atoms with van der Waals surface area (Å²) in [7, 11) is 0. The number of carbonyl (C=O) groups is 4. The molecule has 2 aromatic heterocycles. The van der Waals surface area contributed by atoms with Gasteiger partial charge >= 0.3 is 36.4 Å². The number of carboxylic acid groups (broad SMARTS) is 3. The number of ether oxygens (including phenoxy) is 1. The van der Waals surface area contributed by atoms with E-state index in [4.69, 9.17) is 34.4 Å². The maximum atomic E-state index is 12.3. The molecule has 0 atom stereocenters. The second kappa shape index (κ2) is 17.4. The number of nitrogens with zero attached hydrogens (tertiary/aromatic N) is 4. The van der Waals surface area contributed by atoms with Crippen molar-refractivity contribution in [3.8, 4) is 0 Å². The molecule has 4 heterocycles. The molecular formula is C26H27F9N4O8. The van der Waals surface area contributed by atoms with Gasteiger partial charge in [-0.2, -0.15) is 39.5 Å². The highest BCUT2D eigenvalue weighted by molar-refractivity contribution is 5.78. The van der Waals surface area contributed by atoms with Gasteiger partial charge in [0, 0.05) is 38.2 Å². The predicted molar refractivity (Wildman–Crippen MR) is 138 cm³/mol. The van der Waals surface area contributed by atoms with E-state index in [9.17, 15) is 44.3 Å². The average molecular weight is 695 g/mol. The molecule has 1 amide bonds. The number of carboxylic acids is 3. The van der Waals surface area contributed by atoms with Crippen LogP contribution < -0.4 is 0 Å². The Kier molecular flexibility index (Phi) is 15.0. The van der Waals surface area contributed by atoms with Gasteiger partial charge < -0.3 is 25.0 Å². The third-order valence-electron chi connectivity index (χ3n) is 6.06. The highest BCUT2D eigenvalue weighted by atomic mass is 19.4. The van der Waals surface area contributed by atoms with Gasteiger partial charge in [0.05, 0.1) is 24.4 Å². The number of alkyl halides is 9. The van der Waals surface area contributed by atoms with Gasteiger partial charge in [-0.1, -0.05) is 6.07 Å². The largest absolute Gasteiger partial charge is 0.490 e. The Morgan fingerprint density at radius 1 is 0.766 bits per heavy atom. The van der Waals surface area contributed by atoms with Crippen LogP contribution in [0.3, 0.4) is 0 Å². The Morgan fingerprint density at radius 3 is 1.64 bits per heavy atom. The minimum Gasteiger partial charge on any atom is -0.475 e. The van der Waals surface area contributed by atoms with E-state index in [1.165, 1.54) is 5.56 Å². The highest BCUT2D eigenvalue weighted by Crippen LogP contribution is 2.31. The molecule has 2 aliphatic rings. The fourth-order valence-electron chi connectivity index (χ4n) is 3.79. The number of aromatic nitrogens is 2. The maximum absolute atomic E-state index is 12.3. The summed E-state index contributed by atoms with van der Waals surface area (Å²) in [6.45, 7) is 4.30. The van der Waals surface area contributed by atoms with E-state index in [0.29, 0.717) is 13.1 Å². The number of rotatable bonds is 4. The Labute approximate surface area is 259 Å². The lowest BCUT2D eigenvalue weighted by Gasteiger charge is -2.47. The molecule has 1 spiro atoms. The highest BCUT2D eigenvalue weighted by Gasteiger charge is 2.42. The molecule has 0 unspecified atom stereocenters. The average Bonchev–Trinajstić information content (AvgIpc) is 2.97. The minimum absolute atomic E-state index is 0.0560. The Hall–Kier alpha value is -4.53. The molecule has 47 heavy (non-hydrogen) atoms. The summed E-state index contributed by atoms with van der Waals surface area (Å²) in [5, 5.41) is 21.4. The summed E-state index contributed by atoms with van der Waals surface area (Å²) >= 11 is 0. The lowest BCUT2D eigenvalue weighted by molar-refractivity contribution is -0.193. The molecule has 12 nitrogen and oxygen atoms in total. The van der Waals surface area contributed by atoms with Crippen molar-refractivity contribution in [1.82, 2.24) is 19.8 Å². The number of carbonyl (C=O) groups excluding carboxylic acids is 1. The summed E-state index contributed by atoms with van der Waals surface area (Å²) in [6.07, 6.45) is -7.90. The van der Waals surface area contributed by atoms with Gasteiger partial charge in [-0.05, 0) is 42.7 Å². The molecule has 2 saturated heterocycles. The molecule has 2 aliphatic heterocycles. The number of likely N-dealkylation sites (tertiary alicyclic amines) is 1. The summed E-state index contributed by atoms with van der Waals surface area (Å²) in [6, 6.07) is 9.95. The SMILES string of the molecule is O=C(O)C(F)(F)F.O=C(O)C(F)(F)F.O=C(O)C(F)(F)F.O=C1COC2(CCN(Cc3ccncc3)CC2)CN1Cc1ccccn1. The van der Waals surface area contributed by atoms with Crippen LogP contribution in [0.4, 0.5) is 39.5 Å². The van der Waals surface area contributed by atoms with Gasteiger partial charge in [0.15, 0.2) is 0 Å². The molecule has 2 fully saturated rings. The van der Waals surface area contributed by atoms with E-state index >= 15 is 0 Å². The number of aliphatic carboxylic acids is 3. The topological polar surface area (TPSA) is 170 Å². The molecule has 262 valence electrons. The zero-order valence-corrected chi connectivity index (χ0v) is 23.8. The first-order valence-corrected chi connectivity index (χ1v) is 12.9. The van der Waals surface area contributed by atoms with E-state index in [2.05, 4.69) is 27.0 Å².